The molecule has 1 amide bonds. The van der Waals surface area contributed by atoms with Crippen molar-refractivity contribution in [2.24, 2.45) is 0 Å². The highest BCUT2D eigenvalue weighted by Crippen LogP contribution is 2.19. The van der Waals surface area contributed by atoms with Crippen LogP contribution < -0.4 is 10.2 Å². The second kappa shape index (κ2) is 8.48. The van der Waals surface area contributed by atoms with Crippen molar-refractivity contribution in [2.75, 3.05) is 31.1 Å². The largest absolute Gasteiger partial charge is 0.341 e. The molecule has 0 aliphatic carbocycles. The van der Waals surface area contributed by atoms with Crippen LogP contribution in [0.1, 0.15) is 42.9 Å². The van der Waals surface area contributed by atoms with Crippen LogP contribution in [0.25, 0.3) is 0 Å². The molecule has 27 heavy (non-hydrogen) atoms. The number of anilines is 1. The number of aromatic nitrogens is 2. The molecule has 0 radical (unpaired) electrons. The van der Waals surface area contributed by atoms with Crippen LogP contribution in [0.4, 0.5) is 5.95 Å². The maximum Gasteiger partial charge on any atom is 0.225 e. The number of nitrogens with one attached hydrogen (secondary N) is 1. The Hall–Kier alpha value is -2.47. The van der Waals surface area contributed by atoms with Gasteiger partial charge in [0.05, 0.1) is 6.04 Å². The van der Waals surface area contributed by atoms with Gasteiger partial charge in [-0.3, -0.25) is 4.79 Å². The normalized spacial score (nSPS) is 18.3. The second-order valence-corrected chi connectivity index (χ2v) is 7.37. The van der Waals surface area contributed by atoms with Crippen molar-refractivity contribution >= 4 is 11.9 Å². The molecule has 2 aliphatic rings. The van der Waals surface area contributed by atoms with E-state index in [0.717, 1.165) is 37.6 Å². The van der Waals surface area contributed by atoms with Gasteiger partial charge in [0.25, 0.3) is 0 Å². The van der Waals surface area contributed by atoms with Crippen molar-refractivity contribution in [3.63, 3.8) is 0 Å². The highest BCUT2D eigenvalue weighted by Gasteiger charge is 2.24. The molecular formula is C21H27N5O. The summed E-state index contributed by atoms with van der Waals surface area (Å²) in [6.45, 7) is 4.35. The third kappa shape index (κ3) is 4.45. The third-order valence-electron chi connectivity index (χ3n) is 5.41. The monoisotopic (exact) mass is 365 g/mol. The lowest BCUT2D eigenvalue weighted by atomic mass is 10.1. The minimum Gasteiger partial charge on any atom is -0.341 e. The fourth-order valence-electron chi connectivity index (χ4n) is 3.85. The third-order valence-corrected chi connectivity index (χ3v) is 5.41. The van der Waals surface area contributed by atoms with Crippen molar-refractivity contribution in [1.29, 1.82) is 0 Å². The average molecular weight is 365 g/mol. The van der Waals surface area contributed by atoms with Gasteiger partial charge in [-0.15, -0.1) is 0 Å². The first-order valence-corrected chi connectivity index (χ1v) is 9.91. The lowest BCUT2D eigenvalue weighted by Crippen LogP contribution is -2.35. The summed E-state index contributed by atoms with van der Waals surface area (Å²) < 4.78 is 0. The molecule has 2 fully saturated rings. The first kappa shape index (κ1) is 17.9. The molecule has 6 nitrogen and oxygen atoms in total. The van der Waals surface area contributed by atoms with Crippen molar-refractivity contribution < 1.29 is 4.79 Å². The Labute approximate surface area is 160 Å². The van der Waals surface area contributed by atoms with Crippen LogP contribution in [0.5, 0.6) is 0 Å². The van der Waals surface area contributed by atoms with Gasteiger partial charge >= 0.3 is 0 Å². The fourth-order valence-corrected chi connectivity index (χ4v) is 3.85. The van der Waals surface area contributed by atoms with E-state index < -0.39 is 0 Å². The molecule has 142 valence electrons. The first-order chi connectivity index (χ1) is 13.3. The molecule has 0 spiro atoms. The van der Waals surface area contributed by atoms with Gasteiger partial charge < -0.3 is 15.1 Å². The number of carbonyl (C=O) groups excluding carboxylic acids is 1. The van der Waals surface area contributed by atoms with E-state index in [4.69, 9.17) is 0 Å². The van der Waals surface area contributed by atoms with E-state index in [1.165, 1.54) is 18.4 Å². The molecule has 0 bridgehead atoms. The number of rotatable bonds is 7. The van der Waals surface area contributed by atoms with Crippen LogP contribution in [0, 0.1) is 0 Å². The van der Waals surface area contributed by atoms with E-state index in [0.29, 0.717) is 19.5 Å². The van der Waals surface area contributed by atoms with Crippen LogP contribution in [0.15, 0.2) is 42.7 Å². The topological polar surface area (TPSA) is 61.4 Å². The van der Waals surface area contributed by atoms with Gasteiger partial charge in [-0.25, -0.2) is 9.97 Å². The first-order valence-electron chi connectivity index (χ1n) is 9.91. The Balaban J connectivity index is 1.41. The Kier molecular flexibility index (Phi) is 5.63. The molecule has 1 atom stereocenters. The molecule has 4 rings (SSSR count). The van der Waals surface area contributed by atoms with Gasteiger partial charge in [0.15, 0.2) is 0 Å². The molecule has 3 heterocycles. The Morgan fingerprint density at radius 1 is 1.00 bits per heavy atom. The molecule has 2 saturated heterocycles. The van der Waals surface area contributed by atoms with E-state index in [-0.39, 0.29) is 11.9 Å². The lowest BCUT2D eigenvalue weighted by Gasteiger charge is -2.25. The van der Waals surface area contributed by atoms with Crippen LogP contribution in [0.2, 0.25) is 0 Å². The van der Waals surface area contributed by atoms with Gasteiger partial charge in [-0.2, -0.15) is 0 Å². The molecular weight excluding hydrogens is 338 g/mol. The van der Waals surface area contributed by atoms with Crippen molar-refractivity contribution in [1.82, 2.24) is 20.2 Å². The predicted molar refractivity (Wildman–Crippen MR) is 105 cm³/mol. The van der Waals surface area contributed by atoms with E-state index in [2.05, 4.69) is 32.3 Å². The van der Waals surface area contributed by atoms with Gasteiger partial charge in [-0.05, 0) is 24.8 Å². The van der Waals surface area contributed by atoms with Crippen molar-refractivity contribution in [3.05, 3.63) is 53.9 Å². The number of hydrogen-bond acceptors (Lipinski definition) is 5. The van der Waals surface area contributed by atoms with Gasteiger partial charge in [0.2, 0.25) is 11.9 Å². The zero-order chi connectivity index (χ0) is 18.5. The van der Waals surface area contributed by atoms with Crippen molar-refractivity contribution in [2.45, 2.75) is 38.3 Å². The molecule has 1 N–H and O–H groups in total. The molecule has 1 aromatic carbocycles. The molecule has 1 unspecified atom stereocenters. The summed E-state index contributed by atoms with van der Waals surface area (Å²) in [5, 5.41) is 3.60. The number of hydrogen-bond donors (Lipinski definition) is 1. The average Bonchev–Trinajstić information content (AvgIpc) is 3.38. The van der Waals surface area contributed by atoms with E-state index in [9.17, 15) is 4.79 Å². The van der Waals surface area contributed by atoms with Crippen LogP contribution >= 0.6 is 0 Å². The van der Waals surface area contributed by atoms with Crippen LogP contribution in [0.3, 0.4) is 0 Å². The highest BCUT2D eigenvalue weighted by molar-refractivity contribution is 5.78. The van der Waals surface area contributed by atoms with E-state index >= 15 is 0 Å². The van der Waals surface area contributed by atoms with E-state index in [1.807, 2.05) is 35.5 Å². The van der Waals surface area contributed by atoms with Gasteiger partial charge in [0, 0.05) is 57.1 Å². The second-order valence-electron chi connectivity index (χ2n) is 7.37. The summed E-state index contributed by atoms with van der Waals surface area (Å²) in [6.07, 6.45) is 7.91. The number of benzene rings is 1. The zero-order valence-corrected chi connectivity index (χ0v) is 15.7. The molecule has 1 aromatic heterocycles. The number of amides is 1. The molecule has 2 aliphatic heterocycles. The molecule has 6 heteroatoms. The van der Waals surface area contributed by atoms with Crippen LogP contribution in [-0.2, 0) is 11.3 Å². The summed E-state index contributed by atoms with van der Waals surface area (Å²) in [5.41, 5.74) is 2.26. The summed E-state index contributed by atoms with van der Waals surface area (Å²) in [4.78, 5) is 25.3. The SMILES string of the molecule is O=C1CCCN1CC(NCc1cnc(N2CCCC2)nc1)c1ccccc1. The van der Waals surface area contributed by atoms with Crippen LogP contribution in [-0.4, -0.2) is 47.0 Å². The Morgan fingerprint density at radius 3 is 2.41 bits per heavy atom. The quantitative estimate of drug-likeness (QED) is 0.817. The lowest BCUT2D eigenvalue weighted by molar-refractivity contribution is -0.128. The number of carbonyl (C=O) groups is 1. The van der Waals surface area contributed by atoms with E-state index in [1.54, 1.807) is 0 Å². The summed E-state index contributed by atoms with van der Waals surface area (Å²) >= 11 is 0. The Morgan fingerprint density at radius 2 is 1.74 bits per heavy atom. The minimum atomic E-state index is 0.103. The summed E-state index contributed by atoms with van der Waals surface area (Å²) in [7, 11) is 0. The number of likely N-dealkylation sites (tertiary alicyclic amines) is 1. The molecule has 0 saturated carbocycles. The predicted octanol–water partition coefficient (Wildman–Crippen LogP) is 2.53. The highest BCUT2D eigenvalue weighted by atomic mass is 16.2. The number of nitrogens with zero attached hydrogens (tertiary/aromatic N) is 4. The summed E-state index contributed by atoms with van der Waals surface area (Å²) in [6, 6.07) is 10.4. The zero-order valence-electron chi connectivity index (χ0n) is 15.7. The van der Waals surface area contributed by atoms with Gasteiger partial charge in [-0.1, -0.05) is 30.3 Å². The Bertz CT molecular complexity index is 743. The standard InChI is InChI=1S/C21H27N5O/c27-20-9-6-12-26(20)16-19(18-7-2-1-3-8-18)22-13-17-14-23-21(24-15-17)25-10-4-5-11-25/h1-3,7-8,14-15,19,22H,4-6,9-13,16H2. The van der Waals surface area contributed by atoms with Gasteiger partial charge in [0.1, 0.15) is 0 Å². The maximum absolute atomic E-state index is 12.1. The smallest absolute Gasteiger partial charge is 0.225 e. The summed E-state index contributed by atoms with van der Waals surface area (Å²) in [5.74, 6) is 1.09. The maximum atomic E-state index is 12.1. The fraction of sp³-hybridized carbons (Fsp3) is 0.476. The molecule has 2 aromatic rings. The minimum absolute atomic E-state index is 0.103. The van der Waals surface area contributed by atoms with Crippen molar-refractivity contribution in [3.8, 4) is 0 Å².